The average Bonchev–Trinajstić information content (AvgIpc) is 3.28. The Kier molecular flexibility index (Phi) is 6.14. The van der Waals surface area contributed by atoms with Gasteiger partial charge in [-0.25, -0.2) is 4.99 Å². The molecule has 1 unspecified atom stereocenters. The maximum absolute atomic E-state index is 12.1. The third-order valence-corrected chi connectivity index (χ3v) is 4.60. The molecule has 1 fully saturated rings. The van der Waals surface area contributed by atoms with Gasteiger partial charge in [0.2, 0.25) is 5.91 Å². The third kappa shape index (κ3) is 4.87. The topological polar surface area (TPSA) is 66.0 Å². The molecule has 6 heteroatoms. The second-order valence-electron chi connectivity index (χ2n) is 6.54. The van der Waals surface area contributed by atoms with E-state index in [0.717, 1.165) is 50.6 Å². The lowest BCUT2D eigenvalue weighted by Crippen LogP contribution is -2.40. The summed E-state index contributed by atoms with van der Waals surface area (Å²) < 4.78 is 5.92. The summed E-state index contributed by atoms with van der Waals surface area (Å²) >= 11 is 0. The number of carbonyl (C=O) groups excluding carboxylic acids is 1. The van der Waals surface area contributed by atoms with Gasteiger partial charge in [0.1, 0.15) is 11.9 Å². The van der Waals surface area contributed by atoms with E-state index in [9.17, 15) is 4.79 Å². The zero-order chi connectivity index (χ0) is 17.5. The Hall–Kier alpha value is -2.24. The van der Waals surface area contributed by atoms with Crippen molar-refractivity contribution in [3.05, 3.63) is 29.8 Å². The highest BCUT2D eigenvalue weighted by Gasteiger charge is 2.22. The molecule has 1 atom stereocenters. The highest BCUT2D eigenvalue weighted by Crippen LogP contribution is 2.28. The second kappa shape index (κ2) is 8.74. The summed E-state index contributed by atoms with van der Waals surface area (Å²) in [6, 6.07) is 8.14. The van der Waals surface area contributed by atoms with Crippen LogP contribution in [0.25, 0.3) is 0 Å². The highest BCUT2D eigenvalue weighted by atomic mass is 16.5. The SMILES string of the molecule is CCNC(=NCC1Cc2ccccc2O1)NCCC(=O)N1CCCC1. The van der Waals surface area contributed by atoms with E-state index in [4.69, 9.17) is 4.74 Å². The fourth-order valence-corrected chi connectivity index (χ4v) is 3.30. The van der Waals surface area contributed by atoms with Crippen molar-refractivity contribution in [1.82, 2.24) is 15.5 Å². The molecule has 0 aromatic heterocycles. The van der Waals surface area contributed by atoms with Crippen molar-refractivity contribution < 1.29 is 9.53 Å². The molecule has 6 nitrogen and oxygen atoms in total. The van der Waals surface area contributed by atoms with Crippen molar-refractivity contribution in [2.75, 3.05) is 32.7 Å². The number of ether oxygens (including phenoxy) is 1. The number of rotatable bonds is 6. The first-order valence-corrected chi connectivity index (χ1v) is 9.31. The van der Waals surface area contributed by atoms with Crippen LogP contribution >= 0.6 is 0 Å². The molecule has 2 aliphatic heterocycles. The van der Waals surface area contributed by atoms with Gasteiger partial charge in [-0.05, 0) is 31.4 Å². The maximum Gasteiger partial charge on any atom is 0.224 e. The quantitative estimate of drug-likeness (QED) is 0.607. The Balaban J connectivity index is 1.44. The standard InChI is InChI=1S/C19H28N4O2/c1-2-20-19(21-10-9-18(24)23-11-5-6-12-23)22-14-16-13-15-7-3-4-8-17(15)25-16/h3-4,7-8,16H,2,5-6,9-14H2,1H3,(H2,20,21,22). The van der Waals surface area contributed by atoms with Crippen LogP contribution in [0, 0.1) is 0 Å². The summed E-state index contributed by atoms with van der Waals surface area (Å²) in [5, 5.41) is 6.49. The lowest BCUT2D eigenvalue weighted by atomic mass is 10.1. The van der Waals surface area contributed by atoms with Crippen LogP contribution in [0.5, 0.6) is 5.75 Å². The number of fused-ring (bicyclic) bond motifs is 1. The molecule has 1 aromatic rings. The zero-order valence-corrected chi connectivity index (χ0v) is 15.0. The van der Waals surface area contributed by atoms with Crippen LogP contribution in [-0.2, 0) is 11.2 Å². The van der Waals surface area contributed by atoms with Gasteiger partial charge < -0.3 is 20.3 Å². The van der Waals surface area contributed by atoms with Crippen LogP contribution in [-0.4, -0.2) is 55.6 Å². The van der Waals surface area contributed by atoms with Gasteiger partial charge >= 0.3 is 0 Å². The second-order valence-corrected chi connectivity index (χ2v) is 6.54. The van der Waals surface area contributed by atoms with Gasteiger partial charge in [-0.2, -0.15) is 0 Å². The summed E-state index contributed by atoms with van der Waals surface area (Å²) in [5.74, 6) is 1.95. The van der Waals surface area contributed by atoms with Gasteiger partial charge in [0.05, 0.1) is 6.54 Å². The summed E-state index contributed by atoms with van der Waals surface area (Å²) in [6.07, 6.45) is 3.75. The molecule has 136 valence electrons. The molecule has 1 aromatic carbocycles. The lowest BCUT2D eigenvalue weighted by Gasteiger charge is -2.16. The Morgan fingerprint density at radius 2 is 2.08 bits per heavy atom. The third-order valence-electron chi connectivity index (χ3n) is 4.60. The summed E-state index contributed by atoms with van der Waals surface area (Å²) in [7, 11) is 0. The number of nitrogens with zero attached hydrogens (tertiary/aromatic N) is 2. The molecule has 0 radical (unpaired) electrons. The number of hydrogen-bond acceptors (Lipinski definition) is 3. The number of carbonyl (C=O) groups is 1. The number of nitrogens with one attached hydrogen (secondary N) is 2. The first-order valence-electron chi connectivity index (χ1n) is 9.31. The maximum atomic E-state index is 12.1. The predicted octanol–water partition coefficient (Wildman–Crippen LogP) is 1.56. The number of benzene rings is 1. The predicted molar refractivity (Wildman–Crippen MR) is 99.0 cm³/mol. The van der Waals surface area contributed by atoms with Gasteiger partial charge in [0.15, 0.2) is 5.96 Å². The van der Waals surface area contributed by atoms with E-state index in [1.54, 1.807) is 0 Å². The largest absolute Gasteiger partial charge is 0.488 e. The van der Waals surface area contributed by atoms with Crippen molar-refractivity contribution in [3.8, 4) is 5.75 Å². The van der Waals surface area contributed by atoms with E-state index < -0.39 is 0 Å². The van der Waals surface area contributed by atoms with Gasteiger partial charge in [-0.15, -0.1) is 0 Å². The molecule has 3 rings (SSSR count). The monoisotopic (exact) mass is 344 g/mol. The molecule has 0 saturated carbocycles. The van der Waals surface area contributed by atoms with Crippen molar-refractivity contribution in [2.45, 2.75) is 38.7 Å². The minimum absolute atomic E-state index is 0.0825. The Bertz CT molecular complexity index is 586. The minimum atomic E-state index is 0.0825. The number of hydrogen-bond donors (Lipinski definition) is 2. The molecule has 2 N–H and O–H groups in total. The van der Waals surface area contributed by atoms with E-state index in [2.05, 4.69) is 21.7 Å². The van der Waals surface area contributed by atoms with Crippen molar-refractivity contribution >= 4 is 11.9 Å². The van der Waals surface area contributed by atoms with E-state index in [0.29, 0.717) is 19.5 Å². The number of guanidine groups is 1. The first-order chi connectivity index (χ1) is 12.3. The molecule has 0 bridgehead atoms. The van der Waals surface area contributed by atoms with Crippen molar-refractivity contribution in [1.29, 1.82) is 0 Å². The van der Waals surface area contributed by atoms with Crippen LogP contribution in [0.2, 0.25) is 0 Å². The molecule has 2 aliphatic rings. The first kappa shape index (κ1) is 17.6. The average molecular weight is 344 g/mol. The molecule has 1 saturated heterocycles. The van der Waals surface area contributed by atoms with Crippen LogP contribution in [0.4, 0.5) is 0 Å². The van der Waals surface area contributed by atoms with Gasteiger partial charge in [-0.3, -0.25) is 4.79 Å². The molecule has 0 aliphatic carbocycles. The number of para-hydroxylation sites is 1. The lowest BCUT2D eigenvalue weighted by molar-refractivity contribution is -0.129. The van der Waals surface area contributed by atoms with Crippen LogP contribution < -0.4 is 15.4 Å². The van der Waals surface area contributed by atoms with Gasteiger partial charge in [-0.1, -0.05) is 18.2 Å². The summed E-state index contributed by atoms with van der Waals surface area (Å²) in [6.45, 7) is 5.85. The van der Waals surface area contributed by atoms with E-state index in [-0.39, 0.29) is 12.0 Å². The Morgan fingerprint density at radius 1 is 1.28 bits per heavy atom. The van der Waals surface area contributed by atoms with Crippen LogP contribution in [0.1, 0.15) is 31.7 Å². The van der Waals surface area contributed by atoms with Crippen LogP contribution in [0.15, 0.2) is 29.3 Å². The Labute approximate surface area is 149 Å². The Morgan fingerprint density at radius 3 is 2.84 bits per heavy atom. The number of aliphatic imine (C=N–C) groups is 1. The van der Waals surface area contributed by atoms with E-state index >= 15 is 0 Å². The molecular formula is C19H28N4O2. The molecular weight excluding hydrogens is 316 g/mol. The van der Waals surface area contributed by atoms with Crippen LogP contribution in [0.3, 0.4) is 0 Å². The molecule has 0 spiro atoms. The van der Waals surface area contributed by atoms with Gasteiger partial charge in [0, 0.05) is 39.0 Å². The normalized spacial score (nSPS) is 19.5. The fraction of sp³-hybridized carbons (Fsp3) is 0.579. The van der Waals surface area contributed by atoms with Crippen molar-refractivity contribution in [2.24, 2.45) is 4.99 Å². The summed E-state index contributed by atoms with van der Waals surface area (Å²) in [4.78, 5) is 18.7. The van der Waals surface area contributed by atoms with E-state index in [1.807, 2.05) is 30.0 Å². The smallest absolute Gasteiger partial charge is 0.224 e. The molecule has 1 amide bonds. The zero-order valence-electron chi connectivity index (χ0n) is 15.0. The van der Waals surface area contributed by atoms with Crippen molar-refractivity contribution in [3.63, 3.8) is 0 Å². The number of amides is 1. The van der Waals surface area contributed by atoms with Gasteiger partial charge in [0.25, 0.3) is 0 Å². The van der Waals surface area contributed by atoms with E-state index in [1.165, 1.54) is 5.56 Å². The fourth-order valence-electron chi connectivity index (χ4n) is 3.30. The summed E-state index contributed by atoms with van der Waals surface area (Å²) in [5.41, 5.74) is 1.25. The minimum Gasteiger partial charge on any atom is -0.488 e. The number of likely N-dealkylation sites (tertiary alicyclic amines) is 1. The highest BCUT2D eigenvalue weighted by molar-refractivity contribution is 5.81. The molecule has 25 heavy (non-hydrogen) atoms. The molecule has 2 heterocycles.